The number of aldehydes is 1. The molecule has 16 heavy (non-hydrogen) atoms. The Bertz CT molecular complexity index is 449. The summed E-state index contributed by atoms with van der Waals surface area (Å²) in [6, 6.07) is 0.956. The molecule has 0 bridgehead atoms. The summed E-state index contributed by atoms with van der Waals surface area (Å²) in [6.45, 7) is 0.894. The number of carbonyl (C=O) groups is 2. The standard InChI is InChI=1S/C10H6F4O2/c1-5(16)9-6(4-15)7(10(12,13)14)2-3-8(9)11/h2-4H,1H3. The van der Waals surface area contributed by atoms with Crippen LogP contribution in [0.5, 0.6) is 0 Å². The predicted octanol–water partition coefficient (Wildman–Crippen LogP) is 2.86. The summed E-state index contributed by atoms with van der Waals surface area (Å²) in [5, 5.41) is 0. The van der Waals surface area contributed by atoms with E-state index in [1.165, 1.54) is 0 Å². The maximum absolute atomic E-state index is 13.1. The number of ketones is 1. The molecule has 0 N–H and O–H groups in total. The molecule has 0 saturated carbocycles. The fraction of sp³-hybridized carbons (Fsp3) is 0.200. The van der Waals surface area contributed by atoms with Gasteiger partial charge in [-0.2, -0.15) is 13.2 Å². The van der Waals surface area contributed by atoms with Crippen LogP contribution in [0.2, 0.25) is 0 Å². The number of hydrogen-bond acceptors (Lipinski definition) is 2. The molecule has 0 spiro atoms. The Morgan fingerprint density at radius 2 is 1.88 bits per heavy atom. The molecule has 2 nitrogen and oxygen atoms in total. The SMILES string of the molecule is CC(=O)c1c(F)ccc(C(F)(F)F)c1C=O. The van der Waals surface area contributed by atoms with E-state index in [1.807, 2.05) is 0 Å². The van der Waals surface area contributed by atoms with Crippen LogP contribution in [0.1, 0.15) is 33.2 Å². The van der Waals surface area contributed by atoms with Crippen LogP contribution in [-0.2, 0) is 6.18 Å². The number of halogens is 4. The van der Waals surface area contributed by atoms with Gasteiger partial charge in [-0.3, -0.25) is 9.59 Å². The van der Waals surface area contributed by atoms with E-state index in [2.05, 4.69) is 0 Å². The lowest BCUT2D eigenvalue weighted by atomic mass is 9.98. The fourth-order valence-corrected chi connectivity index (χ4v) is 1.32. The molecule has 0 aliphatic heterocycles. The molecule has 6 heteroatoms. The van der Waals surface area contributed by atoms with Crippen LogP contribution >= 0.6 is 0 Å². The third kappa shape index (κ3) is 2.10. The zero-order valence-corrected chi connectivity index (χ0v) is 8.06. The van der Waals surface area contributed by atoms with E-state index in [-0.39, 0.29) is 6.29 Å². The van der Waals surface area contributed by atoms with Crippen LogP contribution in [0, 0.1) is 5.82 Å². The topological polar surface area (TPSA) is 34.1 Å². The molecule has 1 aromatic carbocycles. The Morgan fingerprint density at radius 3 is 2.25 bits per heavy atom. The molecule has 0 amide bonds. The van der Waals surface area contributed by atoms with E-state index in [4.69, 9.17) is 0 Å². The number of alkyl halides is 3. The minimum Gasteiger partial charge on any atom is -0.298 e. The van der Waals surface area contributed by atoms with Crippen molar-refractivity contribution in [2.45, 2.75) is 13.1 Å². The highest BCUT2D eigenvalue weighted by Gasteiger charge is 2.35. The van der Waals surface area contributed by atoms with Gasteiger partial charge in [0.1, 0.15) is 5.82 Å². The monoisotopic (exact) mass is 234 g/mol. The molecular formula is C10H6F4O2. The van der Waals surface area contributed by atoms with Crippen molar-refractivity contribution >= 4 is 12.1 Å². The van der Waals surface area contributed by atoms with Crippen LogP contribution in [0.4, 0.5) is 17.6 Å². The first-order valence-corrected chi connectivity index (χ1v) is 4.15. The van der Waals surface area contributed by atoms with Crippen molar-refractivity contribution in [1.82, 2.24) is 0 Å². The summed E-state index contributed by atoms with van der Waals surface area (Å²) in [6.07, 6.45) is -4.96. The molecule has 0 fully saturated rings. The lowest BCUT2D eigenvalue weighted by molar-refractivity contribution is -0.137. The fourth-order valence-electron chi connectivity index (χ4n) is 1.32. The molecule has 1 rings (SSSR count). The number of Topliss-reactive ketones (excluding diaryl/α,β-unsaturated/α-hetero) is 1. The minimum absolute atomic E-state index is 0.164. The first kappa shape index (κ1) is 12.4. The lowest BCUT2D eigenvalue weighted by Gasteiger charge is -2.12. The first-order chi connectivity index (χ1) is 7.29. The summed E-state index contributed by atoms with van der Waals surface area (Å²) in [5.74, 6) is -2.06. The molecule has 0 heterocycles. The van der Waals surface area contributed by atoms with Crippen LogP contribution < -0.4 is 0 Å². The number of hydrogen-bond donors (Lipinski definition) is 0. The summed E-state index contributed by atoms with van der Waals surface area (Å²) in [4.78, 5) is 21.5. The van der Waals surface area contributed by atoms with Gasteiger partial charge in [0, 0.05) is 5.56 Å². The Labute approximate surface area is 87.9 Å². The summed E-state index contributed by atoms with van der Waals surface area (Å²) in [5.41, 5.74) is -3.10. The van der Waals surface area contributed by atoms with Gasteiger partial charge in [-0.05, 0) is 19.1 Å². The van der Waals surface area contributed by atoms with E-state index in [1.54, 1.807) is 0 Å². The van der Waals surface area contributed by atoms with Gasteiger partial charge < -0.3 is 0 Å². The van der Waals surface area contributed by atoms with Gasteiger partial charge in [-0.25, -0.2) is 4.39 Å². The van der Waals surface area contributed by atoms with E-state index in [9.17, 15) is 27.2 Å². The molecule has 0 atom stereocenters. The van der Waals surface area contributed by atoms with Crippen molar-refractivity contribution < 1.29 is 27.2 Å². The van der Waals surface area contributed by atoms with E-state index in [0.29, 0.717) is 12.1 Å². The normalized spacial score (nSPS) is 11.3. The largest absolute Gasteiger partial charge is 0.417 e. The molecule has 0 aliphatic rings. The maximum atomic E-state index is 13.1. The van der Waals surface area contributed by atoms with Gasteiger partial charge in [0.25, 0.3) is 0 Å². The predicted molar refractivity (Wildman–Crippen MR) is 46.8 cm³/mol. The van der Waals surface area contributed by atoms with Crippen LogP contribution in [0.3, 0.4) is 0 Å². The Morgan fingerprint density at radius 1 is 1.31 bits per heavy atom. The van der Waals surface area contributed by atoms with Crippen LogP contribution in [0.25, 0.3) is 0 Å². The summed E-state index contributed by atoms with van der Waals surface area (Å²) >= 11 is 0. The molecule has 0 aromatic heterocycles. The van der Waals surface area contributed by atoms with E-state index >= 15 is 0 Å². The van der Waals surface area contributed by atoms with Crippen LogP contribution in [-0.4, -0.2) is 12.1 Å². The summed E-state index contributed by atoms with van der Waals surface area (Å²) in [7, 11) is 0. The Hall–Kier alpha value is -1.72. The smallest absolute Gasteiger partial charge is 0.298 e. The Balaban J connectivity index is 3.62. The summed E-state index contributed by atoms with van der Waals surface area (Å²) < 4.78 is 50.4. The van der Waals surface area contributed by atoms with Gasteiger partial charge >= 0.3 is 6.18 Å². The quantitative estimate of drug-likeness (QED) is 0.448. The molecule has 0 unspecified atom stereocenters. The zero-order chi connectivity index (χ0) is 12.5. The molecule has 86 valence electrons. The van der Waals surface area contributed by atoms with Crippen molar-refractivity contribution in [3.8, 4) is 0 Å². The first-order valence-electron chi connectivity index (χ1n) is 4.15. The van der Waals surface area contributed by atoms with Crippen molar-refractivity contribution in [3.05, 3.63) is 34.6 Å². The van der Waals surface area contributed by atoms with Crippen molar-refractivity contribution in [1.29, 1.82) is 0 Å². The van der Waals surface area contributed by atoms with Gasteiger partial charge in [0.15, 0.2) is 12.1 Å². The Kier molecular flexibility index (Phi) is 3.11. The molecular weight excluding hydrogens is 228 g/mol. The van der Waals surface area contributed by atoms with E-state index < -0.39 is 34.5 Å². The highest BCUT2D eigenvalue weighted by molar-refractivity contribution is 6.02. The minimum atomic E-state index is -4.80. The van der Waals surface area contributed by atoms with Crippen molar-refractivity contribution in [3.63, 3.8) is 0 Å². The van der Waals surface area contributed by atoms with Crippen molar-refractivity contribution in [2.24, 2.45) is 0 Å². The van der Waals surface area contributed by atoms with Gasteiger partial charge in [-0.15, -0.1) is 0 Å². The number of benzene rings is 1. The van der Waals surface area contributed by atoms with Crippen LogP contribution in [0.15, 0.2) is 12.1 Å². The average Bonchev–Trinajstić information content (AvgIpc) is 2.14. The second-order valence-corrected chi connectivity index (χ2v) is 3.06. The third-order valence-electron chi connectivity index (χ3n) is 1.97. The number of rotatable bonds is 2. The van der Waals surface area contributed by atoms with Gasteiger partial charge in [0.2, 0.25) is 0 Å². The highest BCUT2D eigenvalue weighted by Crippen LogP contribution is 2.33. The highest BCUT2D eigenvalue weighted by atomic mass is 19.4. The average molecular weight is 234 g/mol. The van der Waals surface area contributed by atoms with Gasteiger partial charge in [-0.1, -0.05) is 0 Å². The van der Waals surface area contributed by atoms with E-state index in [0.717, 1.165) is 6.92 Å². The lowest BCUT2D eigenvalue weighted by Crippen LogP contribution is -2.14. The number of carbonyl (C=O) groups excluding carboxylic acids is 2. The molecule has 0 saturated heterocycles. The molecule has 1 aromatic rings. The van der Waals surface area contributed by atoms with Crippen molar-refractivity contribution in [2.75, 3.05) is 0 Å². The van der Waals surface area contributed by atoms with Gasteiger partial charge in [0.05, 0.1) is 11.1 Å². The second kappa shape index (κ2) is 4.03. The molecule has 0 aliphatic carbocycles. The third-order valence-corrected chi connectivity index (χ3v) is 1.97. The molecule has 0 radical (unpaired) electrons. The maximum Gasteiger partial charge on any atom is 0.417 e. The zero-order valence-electron chi connectivity index (χ0n) is 8.06. The second-order valence-electron chi connectivity index (χ2n) is 3.06.